The van der Waals surface area contributed by atoms with Crippen molar-refractivity contribution in [1.29, 1.82) is 5.26 Å². The number of hydrogen-bond acceptors (Lipinski definition) is 3. The van der Waals surface area contributed by atoms with Crippen LogP contribution in [0.1, 0.15) is 64.7 Å². The van der Waals surface area contributed by atoms with Crippen molar-refractivity contribution in [3.05, 3.63) is 0 Å². The second-order valence-corrected chi connectivity index (χ2v) is 6.46. The molecule has 4 atom stereocenters. The Morgan fingerprint density at radius 3 is 2.89 bits per heavy atom. The van der Waals surface area contributed by atoms with Gasteiger partial charge in [-0.1, -0.05) is 32.6 Å². The quantitative estimate of drug-likeness (QED) is 0.828. The molecule has 0 aliphatic heterocycles. The van der Waals surface area contributed by atoms with E-state index in [9.17, 15) is 5.26 Å². The molecule has 19 heavy (non-hydrogen) atoms. The van der Waals surface area contributed by atoms with Crippen LogP contribution in [-0.4, -0.2) is 18.2 Å². The Morgan fingerprint density at radius 2 is 2.16 bits per heavy atom. The lowest BCUT2D eigenvalue weighted by Crippen LogP contribution is -2.42. The summed E-state index contributed by atoms with van der Waals surface area (Å²) in [5.74, 6) is 1.20. The maximum absolute atomic E-state index is 9.19. The summed E-state index contributed by atoms with van der Waals surface area (Å²) in [6.45, 7) is 3.06. The van der Waals surface area contributed by atoms with E-state index >= 15 is 0 Å². The molecule has 108 valence electrons. The predicted octanol–water partition coefficient (Wildman–Crippen LogP) is 3.38. The fourth-order valence-corrected chi connectivity index (χ4v) is 3.79. The SMILES string of the molecule is CCC1CCCC(OCCC2CCCC2(N)C#N)C1. The molecule has 0 aromatic carbocycles. The Morgan fingerprint density at radius 1 is 1.32 bits per heavy atom. The Labute approximate surface area is 117 Å². The van der Waals surface area contributed by atoms with Crippen LogP contribution in [0.15, 0.2) is 0 Å². The molecule has 0 spiro atoms. The van der Waals surface area contributed by atoms with Gasteiger partial charge in [0.15, 0.2) is 0 Å². The van der Waals surface area contributed by atoms with Crippen LogP contribution in [0.4, 0.5) is 0 Å². The van der Waals surface area contributed by atoms with Crippen LogP contribution >= 0.6 is 0 Å². The van der Waals surface area contributed by atoms with Crippen LogP contribution < -0.4 is 5.73 Å². The average molecular weight is 264 g/mol. The lowest BCUT2D eigenvalue weighted by molar-refractivity contribution is 0.00478. The monoisotopic (exact) mass is 264 g/mol. The van der Waals surface area contributed by atoms with Crippen molar-refractivity contribution >= 4 is 0 Å². The van der Waals surface area contributed by atoms with Crippen molar-refractivity contribution in [2.24, 2.45) is 17.6 Å². The lowest BCUT2D eigenvalue weighted by Gasteiger charge is -2.29. The molecular formula is C16H28N2O. The fourth-order valence-electron chi connectivity index (χ4n) is 3.79. The van der Waals surface area contributed by atoms with Crippen LogP contribution in [0.5, 0.6) is 0 Å². The topological polar surface area (TPSA) is 59.0 Å². The average Bonchev–Trinajstić information content (AvgIpc) is 2.81. The van der Waals surface area contributed by atoms with Crippen molar-refractivity contribution < 1.29 is 4.74 Å². The third-order valence-electron chi connectivity index (χ3n) is 5.21. The van der Waals surface area contributed by atoms with E-state index in [-0.39, 0.29) is 0 Å². The van der Waals surface area contributed by atoms with Crippen LogP contribution in [-0.2, 0) is 4.74 Å². The van der Waals surface area contributed by atoms with Crippen molar-refractivity contribution in [2.75, 3.05) is 6.61 Å². The van der Waals surface area contributed by atoms with Crippen LogP contribution in [0.2, 0.25) is 0 Å². The zero-order chi connectivity index (χ0) is 13.7. The maximum Gasteiger partial charge on any atom is 0.107 e. The Hall–Kier alpha value is -0.590. The van der Waals surface area contributed by atoms with Crippen LogP contribution in [0.25, 0.3) is 0 Å². The number of nitrogens with zero attached hydrogens (tertiary/aromatic N) is 1. The summed E-state index contributed by atoms with van der Waals surface area (Å²) in [7, 11) is 0. The molecule has 0 heterocycles. The summed E-state index contributed by atoms with van der Waals surface area (Å²) >= 11 is 0. The van der Waals surface area contributed by atoms with Crippen molar-refractivity contribution in [2.45, 2.75) is 76.4 Å². The van der Waals surface area contributed by atoms with Gasteiger partial charge in [-0.2, -0.15) is 5.26 Å². The summed E-state index contributed by atoms with van der Waals surface area (Å²) in [5, 5.41) is 9.19. The third-order valence-corrected chi connectivity index (χ3v) is 5.21. The highest BCUT2D eigenvalue weighted by Gasteiger charge is 2.39. The van der Waals surface area contributed by atoms with E-state index in [0.717, 1.165) is 38.2 Å². The number of rotatable bonds is 5. The molecule has 2 saturated carbocycles. The largest absolute Gasteiger partial charge is 0.378 e. The molecule has 3 heteroatoms. The molecule has 4 unspecified atom stereocenters. The van der Waals surface area contributed by atoms with Gasteiger partial charge in [0.1, 0.15) is 5.54 Å². The molecular weight excluding hydrogens is 236 g/mol. The van der Waals surface area contributed by atoms with Crippen LogP contribution in [0.3, 0.4) is 0 Å². The van der Waals surface area contributed by atoms with E-state index in [4.69, 9.17) is 10.5 Å². The summed E-state index contributed by atoms with van der Waals surface area (Å²) < 4.78 is 6.05. The molecule has 0 bridgehead atoms. The fraction of sp³-hybridized carbons (Fsp3) is 0.938. The van der Waals surface area contributed by atoms with Gasteiger partial charge in [0.05, 0.1) is 12.2 Å². The Balaban J connectivity index is 1.70. The van der Waals surface area contributed by atoms with E-state index in [0.29, 0.717) is 12.0 Å². The minimum Gasteiger partial charge on any atom is -0.378 e. The standard InChI is InChI=1S/C16H28N2O/c1-2-13-5-3-7-15(11-13)19-10-8-14-6-4-9-16(14,18)12-17/h13-15H,2-11,18H2,1H3. The molecule has 0 amide bonds. The molecule has 2 aliphatic carbocycles. The summed E-state index contributed by atoms with van der Waals surface area (Å²) in [6.07, 6.45) is 10.9. The molecule has 0 saturated heterocycles. The van der Waals surface area contributed by atoms with Crippen molar-refractivity contribution in [3.8, 4) is 6.07 Å². The van der Waals surface area contributed by atoms with Gasteiger partial charge in [-0.05, 0) is 43.9 Å². The van der Waals surface area contributed by atoms with Gasteiger partial charge in [0, 0.05) is 6.61 Å². The first-order valence-corrected chi connectivity index (χ1v) is 7.99. The van der Waals surface area contributed by atoms with E-state index in [2.05, 4.69) is 13.0 Å². The van der Waals surface area contributed by atoms with Gasteiger partial charge in [-0.25, -0.2) is 0 Å². The highest BCUT2D eigenvalue weighted by atomic mass is 16.5. The van der Waals surface area contributed by atoms with Gasteiger partial charge >= 0.3 is 0 Å². The molecule has 0 radical (unpaired) electrons. The molecule has 2 N–H and O–H groups in total. The zero-order valence-corrected chi connectivity index (χ0v) is 12.2. The van der Waals surface area contributed by atoms with Gasteiger partial charge in [-0.15, -0.1) is 0 Å². The van der Waals surface area contributed by atoms with Crippen molar-refractivity contribution in [3.63, 3.8) is 0 Å². The smallest absolute Gasteiger partial charge is 0.107 e. The van der Waals surface area contributed by atoms with E-state index < -0.39 is 5.54 Å². The summed E-state index contributed by atoms with van der Waals surface area (Å²) in [4.78, 5) is 0. The zero-order valence-electron chi connectivity index (χ0n) is 12.2. The number of hydrogen-bond donors (Lipinski definition) is 1. The van der Waals surface area contributed by atoms with E-state index in [1.54, 1.807) is 0 Å². The molecule has 2 rings (SSSR count). The maximum atomic E-state index is 9.19. The highest BCUT2D eigenvalue weighted by Crippen LogP contribution is 2.36. The molecule has 2 fully saturated rings. The first kappa shape index (κ1) is 14.8. The van der Waals surface area contributed by atoms with Gasteiger partial charge in [0.25, 0.3) is 0 Å². The number of ether oxygens (including phenoxy) is 1. The van der Waals surface area contributed by atoms with Crippen LogP contribution in [0, 0.1) is 23.2 Å². The predicted molar refractivity (Wildman–Crippen MR) is 76.5 cm³/mol. The minimum atomic E-state index is -0.581. The molecule has 2 aliphatic rings. The first-order chi connectivity index (χ1) is 9.18. The third kappa shape index (κ3) is 3.70. The van der Waals surface area contributed by atoms with E-state index in [1.165, 1.54) is 32.1 Å². The number of nitriles is 1. The second-order valence-electron chi connectivity index (χ2n) is 6.46. The molecule has 0 aromatic rings. The molecule has 0 aromatic heterocycles. The normalized spacial score (nSPS) is 39.1. The van der Waals surface area contributed by atoms with Gasteiger partial charge in [0.2, 0.25) is 0 Å². The highest BCUT2D eigenvalue weighted by molar-refractivity contribution is 5.11. The second kappa shape index (κ2) is 6.72. The van der Waals surface area contributed by atoms with E-state index in [1.807, 2.05) is 0 Å². The Kier molecular flexibility index (Phi) is 5.24. The summed E-state index contributed by atoms with van der Waals surface area (Å²) in [5.41, 5.74) is 5.57. The van der Waals surface area contributed by atoms with Crippen molar-refractivity contribution in [1.82, 2.24) is 0 Å². The van der Waals surface area contributed by atoms with Gasteiger partial charge < -0.3 is 10.5 Å². The molecule has 3 nitrogen and oxygen atoms in total. The Bertz CT molecular complexity index is 325. The lowest BCUT2D eigenvalue weighted by atomic mass is 9.85. The number of nitrogens with two attached hydrogens (primary N) is 1. The summed E-state index contributed by atoms with van der Waals surface area (Å²) in [6, 6.07) is 2.32. The first-order valence-electron chi connectivity index (χ1n) is 7.99. The minimum absolute atomic E-state index is 0.336. The van der Waals surface area contributed by atoms with Gasteiger partial charge in [-0.3, -0.25) is 0 Å².